The van der Waals surface area contributed by atoms with Gasteiger partial charge in [0.1, 0.15) is 0 Å². The number of pyridine rings is 1. The first-order valence-electron chi connectivity index (χ1n) is 6.08. The van der Waals surface area contributed by atoms with Crippen molar-refractivity contribution in [3.8, 4) is 0 Å². The maximum atomic E-state index is 4.22. The summed E-state index contributed by atoms with van der Waals surface area (Å²) in [5.74, 6) is 0. The third-order valence-electron chi connectivity index (χ3n) is 2.73. The number of hydrazine groups is 2. The van der Waals surface area contributed by atoms with E-state index in [-0.39, 0.29) is 0 Å². The molecule has 0 aliphatic carbocycles. The number of nitrogens with one attached hydrogen (secondary N) is 1. The van der Waals surface area contributed by atoms with Gasteiger partial charge in [-0.2, -0.15) is 5.12 Å². The highest BCUT2D eigenvalue weighted by Gasteiger charge is 2.12. The molecule has 0 bridgehead atoms. The largest absolute Gasteiger partial charge is 0.285 e. The average molecular weight is 250 g/mol. The van der Waals surface area contributed by atoms with Crippen LogP contribution < -0.4 is 5.43 Å². The third-order valence-corrected chi connectivity index (χ3v) is 2.73. The van der Waals surface area contributed by atoms with Gasteiger partial charge in [-0.15, -0.1) is 0 Å². The molecule has 1 aromatic heterocycles. The predicted octanol–water partition coefficient (Wildman–Crippen LogP) is 2.57. The number of hydrogen-bond donors (Lipinski definition) is 1. The smallest absolute Gasteiger partial charge is 0.0629 e. The zero-order chi connectivity index (χ0) is 12.9. The molecule has 1 aromatic rings. The summed E-state index contributed by atoms with van der Waals surface area (Å²) < 4.78 is 0. The fourth-order valence-corrected chi connectivity index (χ4v) is 1.80. The van der Waals surface area contributed by atoms with Gasteiger partial charge >= 0.3 is 0 Å². The van der Waals surface area contributed by atoms with E-state index in [9.17, 15) is 0 Å². The summed E-state index contributed by atoms with van der Waals surface area (Å²) in [7, 11) is 0. The lowest BCUT2D eigenvalue weighted by molar-refractivity contribution is 0.113. The predicted molar refractivity (Wildman–Crippen MR) is 75.6 cm³/mol. The molecule has 94 valence electrons. The van der Waals surface area contributed by atoms with Crippen molar-refractivity contribution in [2.75, 3.05) is 0 Å². The van der Waals surface area contributed by atoms with Crippen molar-refractivity contribution in [1.82, 2.24) is 20.5 Å². The first-order chi connectivity index (χ1) is 9.42. The van der Waals surface area contributed by atoms with Gasteiger partial charge in [-0.1, -0.05) is 24.3 Å². The summed E-state index contributed by atoms with van der Waals surface area (Å²) in [5.41, 5.74) is 5.16. The van der Waals surface area contributed by atoms with E-state index in [0.29, 0.717) is 0 Å². The monoisotopic (exact) mass is 250 g/mol. The Balaban J connectivity index is 1.63. The molecule has 0 saturated heterocycles. The minimum atomic E-state index is 0.957. The van der Waals surface area contributed by atoms with Gasteiger partial charge in [0.2, 0.25) is 0 Å². The standard InChI is InChI=1S/C15H14N4/c1(2-6-15-7-3-4-9-16-15)5-14-8-11-19-17-10-12-18(19)13-14/h1-13,17H. The molecule has 2 aliphatic heterocycles. The lowest BCUT2D eigenvalue weighted by Gasteiger charge is -2.26. The molecule has 0 fully saturated rings. The van der Waals surface area contributed by atoms with Gasteiger partial charge in [0.05, 0.1) is 5.69 Å². The highest BCUT2D eigenvalue weighted by Crippen LogP contribution is 2.15. The molecule has 0 saturated carbocycles. The maximum absolute atomic E-state index is 4.22. The van der Waals surface area contributed by atoms with Gasteiger partial charge < -0.3 is 0 Å². The van der Waals surface area contributed by atoms with E-state index in [0.717, 1.165) is 11.3 Å². The van der Waals surface area contributed by atoms with Crippen LogP contribution in [0.3, 0.4) is 0 Å². The van der Waals surface area contributed by atoms with Crippen LogP contribution in [0.15, 0.2) is 79.1 Å². The maximum Gasteiger partial charge on any atom is 0.0629 e. The summed E-state index contributed by atoms with van der Waals surface area (Å²) in [4.78, 5) is 4.22. The van der Waals surface area contributed by atoms with Crippen molar-refractivity contribution in [1.29, 1.82) is 0 Å². The number of hydrogen-bond acceptors (Lipinski definition) is 4. The molecule has 0 atom stereocenters. The quantitative estimate of drug-likeness (QED) is 0.835. The van der Waals surface area contributed by atoms with Crippen molar-refractivity contribution < 1.29 is 0 Å². The van der Waals surface area contributed by atoms with Gasteiger partial charge in [-0.25, -0.2) is 5.01 Å². The Morgan fingerprint density at radius 1 is 1.11 bits per heavy atom. The molecule has 0 aromatic carbocycles. The summed E-state index contributed by atoms with van der Waals surface area (Å²) in [5, 5.41) is 3.86. The van der Waals surface area contributed by atoms with Crippen LogP contribution in [-0.2, 0) is 0 Å². The second-order valence-electron chi connectivity index (χ2n) is 4.09. The lowest BCUT2D eigenvalue weighted by atomic mass is 10.2. The van der Waals surface area contributed by atoms with Gasteiger partial charge in [-0.05, 0) is 29.9 Å². The Kier molecular flexibility index (Phi) is 3.14. The van der Waals surface area contributed by atoms with Crippen LogP contribution in [0.2, 0.25) is 0 Å². The van der Waals surface area contributed by atoms with E-state index in [1.54, 1.807) is 6.20 Å². The minimum Gasteiger partial charge on any atom is -0.285 e. The van der Waals surface area contributed by atoms with Crippen molar-refractivity contribution in [3.05, 3.63) is 84.8 Å². The highest BCUT2D eigenvalue weighted by molar-refractivity contribution is 5.47. The molecule has 1 N–H and O–H groups in total. The van der Waals surface area contributed by atoms with E-state index in [2.05, 4.69) is 16.5 Å². The summed E-state index contributed by atoms with van der Waals surface area (Å²) in [6.45, 7) is 0. The third kappa shape index (κ3) is 2.74. The van der Waals surface area contributed by atoms with Crippen molar-refractivity contribution >= 4 is 6.08 Å². The summed E-state index contributed by atoms with van der Waals surface area (Å²) in [6.07, 6.45) is 19.7. The number of fused-ring (bicyclic) bond motifs is 1. The van der Waals surface area contributed by atoms with Crippen molar-refractivity contribution in [3.63, 3.8) is 0 Å². The van der Waals surface area contributed by atoms with Crippen LogP contribution in [0.1, 0.15) is 5.69 Å². The topological polar surface area (TPSA) is 31.4 Å². The number of aromatic nitrogens is 1. The number of allylic oxidation sites excluding steroid dienone is 5. The Morgan fingerprint density at radius 3 is 2.95 bits per heavy atom. The number of rotatable bonds is 3. The fourth-order valence-electron chi connectivity index (χ4n) is 1.80. The molecule has 3 rings (SSSR count). The molecule has 4 nitrogen and oxygen atoms in total. The Labute approximate surface area is 112 Å². The molecule has 0 unspecified atom stereocenters. The van der Waals surface area contributed by atoms with Crippen LogP contribution in [0, 0.1) is 0 Å². The lowest BCUT2D eigenvalue weighted by Crippen LogP contribution is -2.35. The molecular weight excluding hydrogens is 236 g/mol. The summed E-state index contributed by atoms with van der Waals surface area (Å²) >= 11 is 0. The van der Waals surface area contributed by atoms with Gasteiger partial charge in [0, 0.05) is 31.0 Å². The fraction of sp³-hybridized carbons (Fsp3) is 0. The van der Waals surface area contributed by atoms with Crippen LogP contribution in [0.5, 0.6) is 0 Å². The Hall–Kier alpha value is -2.75. The second kappa shape index (κ2) is 5.27. The first-order valence-corrected chi connectivity index (χ1v) is 6.08. The zero-order valence-corrected chi connectivity index (χ0v) is 10.3. The average Bonchev–Trinajstić information content (AvgIpc) is 2.92. The van der Waals surface area contributed by atoms with Crippen LogP contribution in [0.4, 0.5) is 0 Å². The molecule has 3 heterocycles. The van der Waals surface area contributed by atoms with Gasteiger partial charge in [0.25, 0.3) is 0 Å². The molecule has 0 radical (unpaired) electrons. The summed E-state index contributed by atoms with van der Waals surface area (Å²) in [6, 6.07) is 5.86. The second-order valence-corrected chi connectivity index (χ2v) is 4.09. The molecule has 2 aliphatic rings. The highest BCUT2D eigenvalue weighted by atomic mass is 15.8. The SMILES string of the molecule is C(C=Cc1ccccn1)=CC1=CN2C=CNN2C=C1. The van der Waals surface area contributed by atoms with Crippen molar-refractivity contribution in [2.45, 2.75) is 0 Å². The van der Waals surface area contributed by atoms with E-state index < -0.39 is 0 Å². The molecule has 4 heteroatoms. The Morgan fingerprint density at radius 2 is 2.05 bits per heavy atom. The first kappa shape index (κ1) is 11.3. The minimum absolute atomic E-state index is 0.957. The Bertz CT molecular complexity index is 581. The van der Waals surface area contributed by atoms with Crippen LogP contribution in [0.25, 0.3) is 6.08 Å². The van der Waals surface area contributed by atoms with Crippen molar-refractivity contribution in [2.24, 2.45) is 0 Å². The van der Waals surface area contributed by atoms with Gasteiger partial charge in [0.15, 0.2) is 0 Å². The van der Waals surface area contributed by atoms with Crippen LogP contribution >= 0.6 is 0 Å². The molecule has 19 heavy (non-hydrogen) atoms. The van der Waals surface area contributed by atoms with E-state index in [1.165, 1.54) is 0 Å². The van der Waals surface area contributed by atoms with Crippen LogP contribution in [-0.4, -0.2) is 15.1 Å². The molecule has 0 spiro atoms. The van der Waals surface area contributed by atoms with E-state index in [4.69, 9.17) is 0 Å². The van der Waals surface area contributed by atoms with Gasteiger partial charge in [-0.3, -0.25) is 10.4 Å². The normalized spacial score (nSPS) is 17.2. The zero-order valence-electron chi connectivity index (χ0n) is 10.3. The molecule has 0 amide bonds. The number of nitrogens with zero attached hydrogens (tertiary/aromatic N) is 3. The van der Waals surface area contributed by atoms with E-state index in [1.807, 2.05) is 77.4 Å². The molecular formula is C15H14N4. The van der Waals surface area contributed by atoms with E-state index >= 15 is 0 Å².